The fourth-order valence-electron chi connectivity index (χ4n) is 1.96. The van der Waals surface area contributed by atoms with Crippen molar-refractivity contribution in [2.45, 2.75) is 25.3 Å². The van der Waals surface area contributed by atoms with Crippen molar-refractivity contribution in [2.24, 2.45) is 0 Å². The van der Waals surface area contributed by atoms with Crippen molar-refractivity contribution in [2.75, 3.05) is 21.3 Å². The molecular weight excluding hydrogens is 230 g/mol. The summed E-state index contributed by atoms with van der Waals surface area (Å²) in [6.45, 7) is 0. The number of hydrogen-bond acceptors (Lipinski definition) is 3. The van der Waals surface area contributed by atoms with Crippen LogP contribution in [0, 0.1) is 0 Å². The van der Waals surface area contributed by atoms with E-state index in [1.165, 1.54) is 0 Å². The number of carbonyl (C=O) groups excluding carboxylic acids is 1. The zero-order valence-electron chi connectivity index (χ0n) is 11.1. The van der Waals surface area contributed by atoms with Gasteiger partial charge in [-0.2, -0.15) is 0 Å². The average Bonchev–Trinajstić information content (AvgIpc) is 3.21. The Labute approximate surface area is 107 Å². The molecule has 2 rings (SSSR count). The molecule has 1 saturated carbocycles. The molecule has 0 aliphatic heterocycles. The van der Waals surface area contributed by atoms with Crippen LogP contribution in [0.1, 0.15) is 18.4 Å². The van der Waals surface area contributed by atoms with Crippen molar-refractivity contribution in [1.82, 2.24) is 4.90 Å². The van der Waals surface area contributed by atoms with Crippen LogP contribution in [0.3, 0.4) is 0 Å². The maximum atomic E-state index is 12.0. The molecule has 0 heterocycles. The van der Waals surface area contributed by atoms with Crippen LogP contribution in [0.2, 0.25) is 0 Å². The van der Waals surface area contributed by atoms with Gasteiger partial charge in [0.1, 0.15) is 0 Å². The normalized spacial score (nSPS) is 14.2. The Kier molecular flexibility index (Phi) is 3.75. The molecule has 0 N–H and O–H groups in total. The highest BCUT2D eigenvalue weighted by Gasteiger charge is 2.29. The van der Waals surface area contributed by atoms with Crippen molar-refractivity contribution in [3.05, 3.63) is 23.8 Å². The first kappa shape index (κ1) is 12.7. The summed E-state index contributed by atoms with van der Waals surface area (Å²) in [6, 6.07) is 6.05. The fraction of sp³-hybridized carbons (Fsp3) is 0.500. The average molecular weight is 249 g/mol. The summed E-state index contributed by atoms with van der Waals surface area (Å²) in [5.41, 5.74) is 0.949. The maximum absolute atomic E-state index is 12.0. The molecule has 0 bridgehead atoms. The molecule has 0 aromatic heterocycles. The van der Waals surface area contributed by atoms with Crippen LogP contribution in [0.4, 0.5) is 0 Å². The Bertz CT molecular complexity index is 441. The summed E-state index contributed by atoms with van der Waals surface area (Å²) < 4.78 is 10.4. The Hall–Kier alpha value is -1.71. The number of carbonyl (C=O) groups is 1. The molecule has 1 aromatic carbocycles. The molecule has 4 heteroatoms. The van der Waals surface area contributed by atoms with Gasteiger partial charge in [-0.3, -0.25) is 4.79 Å². The Balaban J connectivity index is 2.06. The summed E-state index contributed by atoms with van der Waals surface area (Å²) in [7, 11) is 5.07. The second-order valence-corrected chi connectivity index (χ2v) is 4.60. The molecule has 1 aliphatic rings. The molecule has 0 saturated heterocycles. The molecule has 98 valence electrons. The van der Waals surface area contributed by atoms with Crippen LogP contribution in [0.15, 0.2) is 18.2 Å². The largest absolute Gasteiger partial charge is 0.493 e. The van der Waals surface area contributed by atoms with Crippen LogP contribution in [-0.4, -0.2) is 38.1 Å². The van der Waals surface area contributed by atoms with E-state index < -0.39 is 0 Å². The third-order valence-electron chi connectivity index (χ3n) is 3.29. The van der Waals surface area contributed by atoms with Gasteiger partial charge in [-0.05, 0) is 30.5 Å². The zero-order chi connectivity index (χ0) is 13.1. The predicted octanol–water partition coefficient (Wildman–Crippen LogP) is 1.87. The summed E-state index contributed by atoms with van der Waals surface area (Å²) in [5.74, 6) is 1.51. The molecule has 1 amide bonds. The van der Waals surface area contributed by atoms with Crippen LogP contribution < -0.4 is 9.47 Å². The molecule has 0 spiro atoms. The van der Waals surface area contributed by atoms with E-state index in [1.807, 2.05) is 30.1 Å². The third kappa shape index (κ3) is 2.75. The van der Waals surface area contributed by atoms with Crippen LogP contribution in [0.5, 0.6) is 11.5 Å². The lowest BCUT2D eigenvalue weighted by molar-refractivity contribution is -0.129. The fourth-order valence-corrected chi connectivity index (χ4v) is 1.96. The van der Waals surface area contributed by atoms with E-state index in [1.54, 1.807) is 14.2 Å². The molecular formula is C14H19NO3. The van der Waals surface area contributed by atoms with Crippen molar-refractivity contribution >= 4 is 5.91 Å². The van der Waals surface area contributed by atoms with Gasteiger partial charge < -0.3 is 14.4 Å². The van der Waals surface area contributed by atoms with Gasteiger partial charge in [-0.25, -0.2) is 0 Å². The maximum Gasteiger partial charge on any atom is 0.226 e. The first-order valence-electron chi connectivity index (χ1n) is 6.12. The summed E-state index contributed by atoms with van der Waals surface area (Å²) >= 11 is 0. The lowest BCUT2D eigenvalue weighted by Gasteiger charge is -2.16. The highest BCUT2D eigenvalue weighted by Crippen LogP contribution is 2.29. The van der Waals surface area contributed by atoms with E-state index in [2.05, 4.69) is 0 Å². The molecule has 1 fully saturated rings. The Morgan fingerprint density at radius 2 is 1.94 bits per heavy atom. The third-order valence-corrected chi connectivity index (χ3v) is 3.29. The van der Waals surface area contributed by atoms with Crippen molar-refractivity contribution in [3.63, 3.8) is 0 Å². The van der Waals surface area contributed by atoms with E-state index in [0.717, 1.165) is 18.4 Å². The van der Waals surface area contributed by atoms with Crippen molar-refractivity contribution < 1.29 is 14.3 Å². The second-order valence-electron chi connectivity index (χ2n) is 4.60. The minimum Gasteiger partial charge on any atom is -0.493 e. The number of likely N-dealkylation sites (N-methyl/N-ethyl adjacent to an activating group) is 1. The smallest absolute Gasteiger partial charge is 0.226 e. The molecule has 0 unspecified atom stereocenters. The summed E-state index contributed by atoms with van der Waals surface area (Å²) in [5, 5.41) is 0. The lowest BCUT2D eigenvalue weighted by Crippen LogP contribution is -2.30. The minimum atomic E-state index is 0.157. The second kappa shape index (κ2) is 5.29. The quantitative estimate of drug-likeness (QED) is 0.799. The highest BCUT2D eigenvalue weighted by molar-refractivity contribution is 5.79. The van der Waals surface area contributed by atoms with Gasteiger partial charge in [0, 0.05) is 13.1 Å². The van der Waals surface area contributed by atoms with Gasteiger partial charge in [0.05, 0.1) is 20.6 Å². The molecule has 4 nitrogen and oxygen atoms in total. The molecule has 1 aliphatic carbocycles. The minimum absolute atomic E-state index is 0.157. The van der Waals surface area contributed by atoms with Gasteiger partial charge in [-0.1, -0.05) is 6.07 Å². The van der Waals surface area contributed by atoms with Gasteiger partial charge in [0.25, 0.3) is 0 Å². The van der Waals surface area contributed by atoms with Gasteiger partial charge in [-0.15, -0.1) is 0 Å². The SMILES string of the molecule is COc1ccc(CC(=O)N(C)C2CC2)cc1OC. The van der Waals surface area contributed by atoms with Crippen molar-refractivity contribution in [3.8, 4) is 11.5 Å². The van der Waals surface area contributed by atoms with Gasteiger partial charge in [0.2, 0.25) is 5.91 Å². The number of hydrogen-bond donors (Lipinski definition) is 0. The van der Waals surface area contributed by atoms with E-state index in [0.29, 0.717) is 24.0 Å². The van der Waals surface area contributed by atoms with E-state index in [-0.39, 0.29) is 5.91 Å². The number of methoxy groups -OCH3 is 2. The number of rotatable bonds is 5. The van der Waals surface area contributed by atoms with Gasteiger partial charge >= 0.3 is 0 Å². The molecule has 0 atom stereocenters. The standard InChI is InChI=1S/C14H19NO3/c1-15(11-5-6-11)14(16)9-10-4-7-12(17-2)13(8-10)18-3/h4,7-8,11H,5-6,9H2,1-3H3. The van der Waals surface area contributed by atoms with Crippen LogP contribution in [0.25, 0.3) is 0 Å². The molecule has 18 heavy (non-hydrogen) atoms. The van der Waals surface area contributed by atoms with Crippen LogP contribution >= 0.6 is 0 Å². The number of benzene rings is 1. The van der Waals surface area contributed by atoms with E-state index in [4.69, 9.17) is 9.47 Å². The summed E-state index contributed by atoms with van der Waals surface area (Å²) in [4.78, 5) is 13.8. The number of ether oxygens (including phenoxy) is 2. The number of nitrogens with zero attached hydrogens (tertiary/aromatic N) is 1. The van der Waals surface area contributed by atoms with E-state index in [9.17, 15) is 4.79 Å². The highest BCUT2D eigenvalue weighted by atomic mass is 16.5. The molecule has 1 aromatic rings. The topological polar surface area (TPSA) is 38.8 Å². The monoisotopic (exact) mass is 249 g/mol. The lowest BCUT2D eigenvalue weighted by atomic mass is 10.1. The first-order chi connectivity index (χ1) is 8.65. The Morgan fingerprint density at radius 1 is 1.28 bits per heavy atom. The van der Waals surface area contributed by atoms with Crippen molar-refractivity contribution in [1.29, 1.82) is 0 Å². The number of amides is 1. The first-order valence-corrected chi connectivity index (χ1v) is 6.12. The summed E-state index contributed by atoms with van der Waals surface area (Å²) in [6.07, 6.45) is 2.68. The van der Waals surface area contributed by atoms with E-state index >= 15 is 0 Å². The predicted molar refractivity (Wildman–Crippen MR) is 69.0 cm³/mol. The Morgan fingerprint density at radius 3 is 2.50 bits per heavy atom. The van der Waals surface area contributed by atoms with Crippen LogP contribution in [-0.2, 0) is 11.2 Å². The zero-order valence-corrected chi connectivity index (χ0v) is 11.1. The van der Waals surface area contributed by atoms with Gasteiger partial charge in [0.15, 0.2) is 11.5 Å². The molecule has 0 radical (unpaired) electrons.